The molecule has 1 aromatic carbocycles. The molecule has 3 nitrogen and oxygen atoms in total. The number of benzene rings is 1. The van der Waals surface area contributed by atoms with Gasteiger partial charge in [0, 0.05) is 34.4 Å². The van der Waals surface area contributed by atoms with Crippen LogP contribution in [0.25, 0.3) is 0 Å². The Bertz CT molecular complexity index is 381. The summed E-state index contributed by atoms with van der Waals surface area (Å²) in [6, 6.07) is 8.04. The molecule has 0 aliphatic carbocycles. The molecular weight excluding hydrogens is 234 g/mol. The van der Waals surface area contributed by atoms with Gasteiger partial charge < -0.3 is 10.4 Å². The van der Waals surface area contributed by atoms with Gasteiger partial charge in [0.15, 0.2) is 0 Å². The Hall–Kier alpha value is -0.870. The van der Waals surface area contributed by atoms with Crippen LogP contribution in [0.5, 0.6) is 5.75 Å². The van der Waals surface area contributed by atoms with E-state index in [0.717, 1.165) is 24.3 Å². The highest BCUT2D eigenvalue weighted by Crippen LogP contribution is 2.19. The average Bonchev–Trinajstić information content (AvgIpc) is 2.33. The highest BCUT2D eigenvalue weighted by molar-refractivity contribution is 7.85. The summed E-state index contributed by atoms with van der Waals surface area (Å²) in [5.74, 6) is 1.94. The van der Waals surface area contributed by atoms with Gasteiger partial charge in [-0.15, -0.1) is 0 Å². The molecule has 0 aromatic heterocycles. The minimum Gasteiger partial charge on any atom is -0.508 e. The van der Waals surface area contributed by atoms with Crippen molar-refractivity contribution in [1.82, 2.24) is 5.32 Å². The van der Waals surface area contributed by atoms with Gasteiger partial charge in [0.1, 0.15) is 5.75 Å². The summed E-state index contributed by atoms with van der Waals surface area (Å²) < 4.78 is 11.3. The fraction of sp³-hybridized carbons (Fsp3) is 0.538. The number of aromatic hydroxyl groups is 1. The van der Waals surface area contributed by atoms with Gasteiger partial charge >= 0.3 is 0 Å². The van der Waals surface area contributed by atoms with Crippen molar-refractivity contribution in [3.8, 4) is 5.75 Å². The molecule has 1 aliphatic rings. The lowest BCUT2D eigenvalue weighted by Crippen LogP contribution is -2.37. The average molecular weight is 253 g/mol. The number of hydrogen-bond donors (Lipinski definition) is 2. The SMILES string of the molecule is CC(NC1CCS(=O)CC1)c1ccc(O)cc1. The van der Waals surface area contributed by atoms with Crippen molar-refractivity contribution in [1.29, 1.82) is 0 Å². The summed E-state index contributed by atoms with van der Waals surface area (Å²) in [7, 11) is -0.596. The number of phenolic OH excluding ortho intramolecular Hbond substituents is 1. The summed E-state index contributed by atoms with van der Waals surface area (Å²) >= 11 is 0. The molecule has 94 valence electrons. The van der Waals surface area contributed by atoms with E-state index in [1.807, 2.05) is 12.1 Å². The van der Waals surface area contributed by atoms with E-state index in [2.05, 4.69) is 12.2 Å². The van der Waals surface area contributed by atoms with E-state index in [1.165, 1.54) is 5.56 Å². The monoisotopic (exact) mass is 253 g/mol. The van der Waals surface area contributed by atoms with E-state index in [9.17, 15) is 9.32 Å². The van der Waals surface area contributed by atoms with Gasteiger partial charge in [0.25, 0.3) is 0 Å². The molecule has 1 saturated heterocycles. The van der Waals surface area contributed by atoms with E-state index >= 15 is 0 Å². The van der Waals surface area contributed by atoms with Crippen molar-refractivity contribution in [3.05, 3.63) is 29.8 Å². The zero-order valence-electron chi connectivity index (χ0n) is 10.1. The van der Waals surface area contributed by atoms with Crippen molar-refractivity contribution < 1.29 is 9.32 Å². The zero-order valence-corrected chi connectivity index (χ0v) is 10.9. The molecule has 0 radical (unpaired) electrons. The Morgan fingerprint density at radius 1 is 1.29 bits per heavy atom. The number of phenols is 1. The van der Waals surface area contributed by atoms with E-state index in [4.69, 9.17) is 0 Å². The Kier molecular flexibility index (Phi) is 4.18. The van der Waals surface area contributed by atoms with Crippen LogP contribution in [0, 0.1) is 0 Å². The van der Waals surface area contributed by atoms with Gasteiger partial charge in [-0.25, -0.2) is 0 Å². The lowest BCUT2D eigenvalue weighted by molar-refractivity contribution is 0.426. The van der Waals surface area contributed by atoms with Gasteiger partial charge in [0.05, 0.1) is 0 Å². The van der Waals surface area contributed by atoms with Gasteiger partial charge in [-0.1, -0.05) is 12.1 Å². The number of rotatable bonds is 3. The lowest BCUT2D eigenvalue weighted by atomic mass is 10.1. The van der Waals surface area contributed by atoms with Gasteiger partial charge in [0.2, 0.25) is 0 Å². The normalized spacial score (nSPS) is 26.6. The number of hydrogen-bond acceptors (Lipinski definition) is 3. The first-order valence-electron chi connectivity index (χ1n) is 6.05. The Morgan fingerprint density at radius 2 is 1.88 bits per heavy atom. The maximum atomic E-state index is 11.3. The molecule has 1 heterocycles. The predicted octanol–water partition coefficient (Wildman–Crippen LogP) is 1.95. The molecule has 1 aliphatic heterocycles. The second-order valence-corrected chi connectivity index (χ2v) is 6.30. The van der Waals surface area contributed by atoms with Crippen LogP contribution in [-0.2, 0) is 10.8 Å². The maximum absolute atomic E-state index is 11.3. The molecule has 0 amide bonds. The van der Waals surface area contributed by atoms with Crippen molar-refractivity contribution in [2.75, 3.05) is 11.5 Å². The quantitative estimate of drug-likeness (QED) is 0.865. The van der Waals surface area contributed by atoms with Gasteiger partial charge in [-0.2, -0.15) is 0 Å². The van der Waals surface area contributed by atoms with Crippen LogP contribution in [0.4, 0.5) is 0 Å². The number of nitrogens with one attached hydrogen (secondary N) is 1. The van der Waals surface area contributed by atoms with E-state index < -0.39 is 10.8 Å². The molecule has 4 heteroatoms. The van der Waals surface area contributed by atoms with Crippen molar-refractivity contribution in [2.24, 2.45) is 0 Å². The van der Waals surface area contributed by atoms with Crippen LogP contribution in [0.2, 0.25) is 0 Å². The first kappa shape index (κ1) is 12.6. The standard InChI is InChI=1S/C13H19NO2S/c1-10(11-2-4-13(15)5-3-11)14-12-6-8-17(16)9-7-12/h2-5,10,12,14-15H,6-9H2,1H3. The van der Waals surface area contributed by atoms with Gasteiger partial charge in [-0.05, 0) is 37.5 Å². The second kappa shape index (κ2) is 5.65. The van der Waals surface area contributed by atoms with Crippen LogP contribution < -0.4 is 5.32 Å². The minimum absolute atomic E-state index is 0.270. The van der Waals surface area contributed by atoms with Crippen LogP contribution >= 0.6 is 0 Å². The third-order valence-corrected chi connectivity index (χ3v) is 4.65. The zero-order chi connectivity index (χ0) is 12.3. The molecule has 0 spiro atoms. The van der Waals surface area contributed by atoms with E-state index in [0.29, 0.717) is 11.8 Å². The van der Waals surface area contributed by atoms with Crippen LogP contribution in [0.15, 0.2) is 24.3 Å². The second-order valence-electron chi connectivity index (χ2n) is 4.60. The van der Waals surface area contributed by atoms with E-state index in [1.54, 1.807) is 12.1 Å². The molecule has 0 saturated carbocycles. The van der Waals surface area contributed by atoms with Crippen molar-refractivity contribution in [3.63, 3.8) is 0 Å². The fourth-order valence-electron chi connectivity index (χ4n) is 2.17. The summed E-state index contributed by atoms with van der Waals surface area (Å²) in [6.07, 6.45) is 1.99. The van der Waals surface area contributed by atoms with Crippen LogP contribution in [-0.4, -0.2) is 26.9 Å². The third-order valence-electron chi connectivity index (χ3n) is 3.27. The summed E-state index contributed by atoms with van der Waals surface area (Å²) in [5, 5.41) is 12.8. The van der Waals surface area contributed by atoms with Crippen LogP contribution in [0.1, 0.15) is 31.4 Å². The summed E-state index contributed by atoms with van der Waals surface area (Å²) in [6.45, 7) is 2.12. The molecule has 17 heavy (non-hydrogen) atoms. The minimum atomic E-state index is -0.596. The van der Waals surface area contributed by atoms with Crippen LogP contribution in [0.3, 0.4) is 0 Å². The largest absolute Gasteiger partial charge is 0.508 e. The Balaban J connectivity index is 1.90. The Morgan fingerprint density at radius 3 is 2.47 bits per heavy atom. The molecule has 1 fully saturated rings. The lowest BCUT2D eigenvalue weighted by Gasteiger charge is -2.26. The highest BCUT2D eigenvalue weighted by Gasteiger charge is 2.19. The molecular formula is C13H19NO2S. The van der Waals surface area contributed by atoms with E-state index in [-0.39, 0.29) is 6.04 Å². The summed E-state index contributed by atoms with van der Waals surface area (Å²) in [5.41, 5.74) is 1.18. The third kappa shape index (κ3) is 3.54. The van der Waals surface area contributed by atoms with Crippen molar-refractivity contribution in [2.45, 2.75) is 31.8 Å². The summed E-state index contributed by atoms with van der Waals surface area (Å²) in [4.78, 5) is 0. The molecule has 1 unspecified atom stereocenters. The maximum Gasteiger partial charge on any atom is 0.115 e. The Labute approximate surface area is 105 Å². The fourth-order valence-corrected chi connectivity index (χ4v) is 3.47. The van der Waals surface area contributed by atoms with Crippen molar-refractivity contribution >= 4 is 10.8 Å². The molecule has 1 aromatic rings. The highest BCUT2D eigenvalue weighted by atomic mass is 32.2. The first-order valence-corrected chi connectivity index (χ1v) is 7.54. The molecule has 0 bridgehead atoms. The topological polar surface area (TPSA) is 49.3 Å². The predicted molar refractivity (Wildman–Crippen MR) is 70.6 cm³/mol. The smallest absolute Gasteiger partial charge is 0.115 e. The first-order chi connectivity index (χ1) is 8.15. The molecule has 2 N–H and O–H groups in total. The molecule has 1 atom stereocenters. The molecule has 2 rings (SSSR count). The van der Waals surface area contributed by atoms with Gasteiger partial charge in [-0.3, -0.25) is 4.21 Å².